The van der Waals surface area contributed by atoms with Crippen LogP contribution in [0.25, 0.3) is 5.57 Å². The summed E-state index contributed by atoms with van der Waals surface area (Å²) in [6.07, 6.45) is 7.89. The van der Waals surface area contributed by atoms with Crippen LogP contribution in [0.3, 0.4) is 0 Å². The normalized spacial score (nSPS) is 13.5. The number of ether oxygens (including phenoxy) is 1. The first kappa shape index (κ1) is 33.5. The SMILES string of the molecule is CC(=O)OCCN(C)S(=O)(=O)C1=CC(=C(c2cc(/C=N/n3nnnc3C)ccc2O)c2cc(/C=N/n3nnnc3C)ccc2O)CC=C1. The molecule has 2 aromatic carbocycles. The van der Waals surface area contributed by atoms with E-state index in [2.05, 4.69) is 41.3 Å². The number of aromatic nitrogens is 8. The summed E-state index contributed by atoms with van der Waals surface area (Å²) in [5.41, 5.74) is 2.51. The highest BCUT2D eigenvalue weighted by Crippen LogP contribution is 2.40. The van der Waals surface area contributed by atoms with E-state index >= 15 is 0 Å². The number of benzene rings is 2. The molecule has 0 radical (unpaired) electrons. The maximum atomic E-state index is 13.6. The Labute approximate surface area is 274 Å². The minimum atomic E-state index is -4.03. The van der Waals surface area contributed by atoms with Crippen molar-refractivity contribution in [3.63, 3.8) is 0 Å². The van der Waals surface area contributed by atoms with E-state index in [1.165, 1.54) is 60.3 Å². The van der Waals surface area contributed by atoms with E-state index in [1.54, 1.807) is 44.2 Å². The van der Waals surface area contributed by atoms with Crippen LogP contribution in [0.2, 0.25) is 0 Å². The van der Waals surface area contributed by atoms with Crippen LogP contribution in [0.5, 0.6) is 11.5 Å². The molecule has 2 aromatic heterocycles. The van der Waals surface area contributed by atoms with E-state index in [0.29, 0.717) is 33.9 Å². The number of carbonyl (C=O) groups excluding carboxylic acids is 1. The predicted octanol–water partition coefficient (Wildman–Crippen LogP) is 1.92. The molecule has 1 aliphatic rings. The number of phenols is 2. The Balaban J connectivity index is 1.65. The third-order valence-electron chi connectivity index (χ3n) is 7.10. The summed E-state index contributed by atoms with van der Waals surface area (Å²) in [6.45, 7) is 4.43. The molecule has 4 aromatic rings. The quantitative estimate of drug-likeness (QED) is 0.172. The van der Waals surface area contributed by atoms with Gasteiger partial charge in [0.2, 0.25) is 10.0 Å². The molecular weight excluding hydrogens is 642 g/mol. The smallest absolute Gasteiger partial charge is 0.302 e. The Hall–Kier alpha value is -5.88. The lowest BCUT2D eigenvalue weighted by Crippen LogP contribution is -2.31. The molecule has 48 heavy (non-hydrogen) atoms. The molecular formula is C30H31N11O6S. The van der Waals surface area contributed by atoms with Crippen molar-refractivity contribution in [2.24, 2.45) is 10.2 Å². The maximum absolute atomic E-state index is 13.6. The van der Waals surface area contributed by atoms with Crippen molar-refractivity contribution in [3.8, 4) is 11.5 Å². The van der Waals surface area contributed by atoms with Gasteiger partial charge in [0.1, 0.15) is 18.1 Å². The Bertz CT molecular complexity index is 2010. The highest BCUT2D eigenvalue weighted by atomic mass is 32.2. The molecule has 248 valence electrons. The van der Waals surface area contributed by atoms with Gasteiger partial charge in [-0.05, 0) is 112 Å². The van der Waals surface area contributed by atoms with Gasteiger partial charge in [-0.2, -0.15) is 14.5 Å². The predicted molar refractivity (Wildman–Crippen MR) is 173 cm³/mol. The lowest BCUT2D eigenvalue weighted by molar-refractivity contribution is -0.141. The Morgan fingerprint density at radius 1 is 0.958 bits per heavy atom. The van der Waals surface area contributed by atoms with Crippen molar-refractivity contribution in [2.45, 2.75) is 27.2 Å². The third kappa shape index (κ3) is 7.56. The molecule has 0 saturated heterocycles. The lowest BCUT2D eigenvalue weighted by Gasteiger charge is -2.22. The molecule has 2 heterocycles. The molecule has 0 unspecified atom stereocenters. The van der Waals surface area contributed by atoms with Gasteiger partial charge in [0.05, 0.1) is 17.3 Å². The third-order valence-corrected chi connectivity index (χ3v) is 8.95. The number of aromatic hydroxyl groups is 2. The number of sulfonamides is 1. The van der Waals surface area contributed by atoms with Crippen molar-refractivity contribution >= 4 is 34.0 Å². The van der Waals surface area contributed by atoms with Gasteiger partial charge < -0.3 is 14.9 Å². The molecule has 5 rings (SSSR count). The number of hydrogen-bond donors (Lipinski definition) is 2. The van der Waals surface area contributed by atoms with Gasteiger partial charge in [0.15, 0.2) is 11.6 Å². The van der Waals surface area contributed by atoms with E-state index in [0.717, 1.165) is 4.31 Å². The van der Waals surface area contributed by atoms with Crippen LogP contribution >= 0.6 is 0 Å². The first-order valence-corrected chi connectivity index (χ1v) is 15.8. The van der Waals surface area contributed by atoms with Crippen LogP contribution in [0.4, 0.5) is 0 Å². The van der Waals surface area contributed by atoms with Crippen LogP contribution in [0, 0.1) is 13.8 Å². The molecule has 18 heteroatoms. The zero-order valence-electron chi connectivity index (χ0n) is 26.3. The molecule has 0 spiro atoms. The average molecular weight is 674 g/mol. The summed E-state index contributed by atoms with van der Waals surface area (Å²) < 4.78 is 33.1. The Kier molecular flexibility index (Phi) is 9.95. The van der Waals surface area contributed by atoms with Crippen molar-refractivity contribution < 1.29 is 28.2 Å². The number of allylic oxidation sites excluding steroid dienone is 4. The number of hydrogen-bond acceptors (Lipinski definition) is 14. The second kappa shape index (κ2) is 14.3. The Morgan fingerprint density at radius 2 is 1.50 bits per heavy atom. The number of nitrogens with zero attached hydrogens (tertiary/aromatic N) is 11. The van der Waals surface area contributed by atoms with Crippen molar-refractivity contribution in [1.82, 2.24) is 44.9 Å². The molecule has 0 aliphatic heterocycles. The fraction of sp³-hybridized carbons (Fsp3) is 0.233. The van der Waals surface area contributed by atoms with Gasteiger partial charge in [-0.1, -0.05) is 6.08 Å². The van der Waals surface area contributed by atoms with E-state index in [-0.39, 0.29) is 47.1 Å². The molecule has 17 nitrogen and oxygen atoms in total. The van der Waals surface area contributed by atoms with Crippen LogP contribution in [0.15, 0.2) is 75.3 Å². The number of aryl methyl sites for hydroxylation is 2. The van der Waals surface area contributed by atoms with Gasteiger partial charge in [0.25, 0.3) is 0 Å². The minimum Gasteiger partial charge on any atom is -0.507 e. The van der Waals surface area contributed by atoms with Gasteiger partial charge in [-0.15, -0.1) is 19.8 Å². The molecule has 0 fully saturated rings. The second-order valence-electron chi connectivity index (χ2n) is 10.5. The van der Waals surface area contributed by atoms with Crippen LogP contribution < -0.4 is 0 Å². The summed E-state index contributed by atoms with van der Waals surface area (Å²) in [5, 5.41) is 53.3. The summed E-state index contributed by atoms with van der Waals surface area (Å²) in [5.74, 6) is 0.120. The molecule has 2 N–H and O–H groups in total. The number of likely N-dealkylation sites (N-methyl/N-ethyl adjacent to an activating group) is 1. The van der Waals surface area contributed by atoms with Gasteiger partial charge in [0, 0.05) is 31.6 Å². The van der Waals surface area contributed by atoms with Gasteiger partial charge >= 0.3 is 5.97 Å². The summed E-state index contributed by atoms with van der Waals surface area (Å²) in [6, 6.07) is 9.50. The van der Waals surface area contributed by atoms with Crippen molar-refractivity contribution in [3.05, 3.63) is 99.0 Å². The highest BCUT2D eigenvalue weighted by Gasteiger charge is 2.26. The fourth-order valence-corrected chi connectivity index (χ4v) is 5.84. The number of esters is 1. The second-order valence-corrected chi connectivity index (χ2v) is 12.5. The fourth-order valence-electron chi connectivity index (χ4n) is 4.60. The van der Waals surface area contributed by atoms with E-state index < -0.39 is 16.0 Å². The monoisotopic (exact) mass is 673 g/mol. The molecule has 0 bridgehead atoms. The minimum absolute atomic E-state index is 0.0377. The van der Waals surface area contributed by atoms with Crippen molar-refractivity contribution in [1.29, 1.82) is 0 Å². The van der Waals surface area contributed by atoms with Crippen molar-refractivity contribution in [2.75, 3.05) is 20.2 Å². The number of rotatable bonds is 11. The molecule has 0 saturated carbocycles. The number of phenolic OH excluding ortho intramolecular Hbond substituents is 2. The van der Waals surface area contributed by atoms with Crippen LogP contribution in [0.1, 0.15) is 47.2 Å². The summed E-state index contributed by atoms with van der Waals surface area (Å²) >= 11 is 0. The number of tetrazole rings is 2. The van der Waals surface area contributed by atoms with E-state index in [4.69, 9.17) is 4.74 Å². The highest BCUT2D eigenvalue weighted by molar-refractivity contribution is 7.93. The standard InChI is InChI=1S/C30H31N11O6S/c1-19-33-35-37-40(19)31-17-22-8-10-28(43)26(14-22)30(27-15-23(9-11-29(27)44)18-32-41-20(2)34-36-38-41)24-6-5-7-25(16-24)48(45,46)39(4)12-13-47-21(3)42/h5,7-11,14-18,43-44H,6,12-13H2,1-4H3/b31-17+,32-18+. The zero-order valence-corrected chi connectivity index (χ0v) is 27.1. The maximum Gasteiger partial charge on any atom is 0.302 e. The topological polar surface area (TPSA) is 216 Å². The van der Waals surface area contributed by atoms with Crippen LogP contribution in [-0.4, -0.2) is 102 Å². The van der Waals surface area contributed by atoms with Crippen LogP contribution in [-0.2, 0) is 19.6 Å². The first-order chi connectivity index (χ1) is 22.9. The first-order valence-electron chi connectivity index (χ1n) is 14.4. The van der Waals surface area contributed by atoms with E-state index in [9.17, 15) is 23.4 Å². The van der Waals surface area contributed by atoms with E-state index in [1.807, 2.05) is 0 Å². The largest absolute Gasteiger partial charge is 0.507 e. The molecule has 0 amide bonds. The average Bonchev–Trinajstić information content (AvgIpc) is 3.67. The number of carbonyl (C=O) groups is 1. The molecule has 1 aliphatic carbocycles. The summed E-state index contributed by atoms with van der Waals surface area (Å²) in [4.78, 5) is 13.6. The van der Waals surface area contributed by atoms with Gasteiger partial charge in [-0.25, -0.2) is 8.42 Å². The summed E-state index contributed by atoms with van der Waals surface area (Å²) in [7, 11) is -2.65. The Morgan fingerprint density at radius 3 is 1.98 bits per heavy atom. The molecule has 0 atom stereocenters. The van der Waals surface area contributed by atoms with Gasteiger partial charge in [-0.3, -0.25) is 4.79 Å². The zero-order chi connectivity index (χ0) is 34.4. The lowest BCUT2D eigenvalue weighted by atomic mass is 9.87.